The van der Waals surface area contributed by atoms with E-state index in [1.807, 2.05) is 24.3 Å². The monoisotopic (exact) mass is 200 g/mol. The molecule has 1 aromatic heterocycles. The standard InChI is InChI=1S/C12H12N2O/c13-6-3-7-14-8-10-9-15-12-5-2-1-4-11(10)12/h1-2,4-5,9,14H,3,7-8H2. The van der Waals surface area contributed by atoms with Gasteiger partial charge in [0.05, 0.1) is 12.3 Å². The summed E-state index contributed by atoms with van der Waals surface area (Å²) < 4.78 is 5.40. The molecule has 15 heavy (non-hydrogen) atoms. The maximum Gasteiger partial charge on any atom is 0.134 e. The van der Waals surface area contributed by atoms with Crippen molar-refractivity contribution in [3.8, 4) is 6.07 Å². The molecule has 0 radical (unpaired) electrons. The summed E-state index contributed by atoms with van der Waals surface area (Å²) in [6.45, 7) is 1.47. The van der Waals surface area contributed by atoms with Crippen LogP contribution in [0, 0.1) is 11.3 Å². The number of nitriles is 1. The summed E-state index contributed by atoms with van der Waals surface area (Å²) in [7, 11) is 0. The maximum absolute atomic E-state index is 8.39. The molecule has 2 rings (SSSR count). The van der Waals surface area contributed by atoms with E-state index >= 15 is 0 Å². The second-order valence-electron chi connectivity index (χ2n) is 3.34. The number of nitrogens with zero attached hydrogens (tertiary/aromatic N) is 1. The fraction of sp³-hybridized carbons (Fsp3) is 0.250. The zero-order valence-electron chi connectivity index (χ0n) is 8.36. The van der Waals surface area contributed by atoms with E-state index in [4.69, 9.17) is 9.68 Å². The Morgan fingerprint density at radius 1 is 1.33 bits per heavy atom. The van der Waals surface area contributed by atoms with Gasteiger partial charge in [0.15, 0.2) is 0 Å². The minimum Gasteiger partial charge on any atom is -0.464 e. The summed E-state index contributed by atoms with van der Waals surface area (Å²) in [6.07, 6.45) is 2.31. The third-order valence-electron chi connectivity index (χ3n) is 2.29. The van der Waals surface area contributed by atoms with Crippen LogP contribution in [0.15, 0.2) is 34.9 Å². The summed E-state index contributed by atoms with van der Waals surface area (Å²) in [5.74, 6) is 0. The van der Waals surface area contributed by atoms with Crippen LogP contribution < -0.4 is 5.32 Å². The zero-order chi connectivity index (χ0) is 10.5. The maximum atomic E-state index is 8.39. The first-order valence-electron chi connectivity index (χ1n) is 4.94. The number of para-hydroxylation sites is 1. The molecular formula is C12H12N2O. The number of hydrogen-bond donors (Lipinski definition) is 1. The Labute approximate surface area is 88.3 Å². The molecule has 3 heteroatoms. The minimum atomic E-state index is 0.537. The van der Waals surface area contributed by atoms with E-state index in [1.165, 1.54) is 0 Å². The van der Waals surface area contributed by atoms with Crippen LogP contribution in [-0.4, -0.2) is 6.54 Å². The number of fused-ring (bicyclic) bond motifs is 1. The highest BCUT2D eigenvalue weighted by atomic mass is 16.3. The lowest BCUT2D eigenvalue weighted by Crippen LogP contribution is -2.13. The Kier molecular flexibility index (Phi) is 3.01. The predicted octanol–water partition coefficient (Wildman–Crippen LogP) is 2.44. The highest BCUT2D eigenvalue weighted by Crippen LogP contribution is 2.20. The van der Waals surface area contributed by atoms with Crippen LogP contribution in [0.4, 0.5) is 0 Å². The molecule has 0 amide bonds. The lowest BCUT2D eigenvalue weighted by Gasteiger charge is -1.99. The SMILES string of the molecule is N#CCCNCc1coc2ccccc12. The topological polar surface area (TPSA) is 49.0 Å². The van der Waals surface area contributed by atoms with Crippen LogP contribution in [0.3, 0.4) is 0 Å². The molecule has 0 spiro atoms. The highest BCUT2D eigenvalue weighted by Gasteiger charge is 2.03. The van der Waals surface area contributed by atoms with E-state index in [2.05, 4.69) is 11.4 Å². The lowest BCUT2D eigenvalue weighted by molar-refractivity contribution is 0.603. The second kappa shape index (κ2) is 4.63. The minimum absolute atomic E-state index is 0.537. The molecule has 0 fully saturated rings. The van der Waals surface area contributed by atoms with Gasteiger partial charge in [0.1, 0.15) is 5.58 Å². The number of hydrogen-bond acceptors (Lipinski definition) is 3. The van der Waals surface area contributed by atoms with Gasteiger partial charge >= 0.3 is 0 Å². The van der Waals surface area contributed by atoms with Crippen LogP contribution in [0.2, 0.25) is 0 Å². The van der Waals surface area contributed by atoms with Crippen molar-refractivity contribution in [1.82, 2.24) is 5.32 Å². The Balaban J connectivity index is 2.05. The first-order valence-corrected chi connectivity index (χ1v) is 4.94. The van der Waals surface area contributed by atoms with Gasteiger partial charge in [-0.1, -0.05) is 18.2 Å². The molecular weight excluding hydrogens is 188 g/mol. The van der Waals surface area contributed by atoms with E-state index in [0.29, 0.717) is 6.42 Å². The molecule has 3 nitrogen and oxygen atoms in total. The fourth-order valence-electron chi connectivity index (χ4n) is 1.54. The molecule has 0 aliphatic rings. The molecule has 0 saturated heterocycles. The number of rotatable bonds is 4. The van der Waals surface area contributed by atoms with Gasteiger partial charge in [-0.15, -0.1) is 0 Å². The van der Waals surface area contributed by atoms with Gasteiger partial charge in [0.2, 0.25) is 0 Å². The summed E-state index contributed by atoms with van der Waals surface area (Å²) in [4.78, 5) is 0. The van der Waals surface area contributed by atoms with Crippen LogP contribution >= 0.6 is 0 Å². The van der Waals surface area contributed by atoms with Crippen LogP contribution in [0.5, 0.6) is 0 Å². The zero-order valence-corrected chi connectivity index (χ0v) is 8.36. The molecule has 0 aliphatic heterocycles. The van der Waals surface area contributed by atoms with Crippen molar-refractivity contribution in [3.63, 3.8) is 0 Å². The van der Waals surface area contributed by atoms with E-state index in [9.17, 15) is 0 Å². The van der Waals surface area contributed by atoms with Gasteiger partial charge in [0, 0.05) is 30.5 Å². The average molecular weight is 200 g/mol. The number of nitrogens with one attached hydrogen (secondary N) is 1. The number of benzene rings is 1. The molecule has 0 unspecified atom stereocenters. The van der Waals surface area contributed by atoms with Crippen molar-refractivity contribution in [1.29, 1.82) is 5.26 Å². The second-order valence-corrected chi connectivity index (χ2v) is 3.34. The van der Waals surface area contributed by atoms with Crippen molar-refractivity contribution in [2.75, 3.05) is 6.54 Å². The summed E-state index contributed by atoms with van der Waals surface area (Å²) in [5.41, 5.74) is 2.05. The van der Waals surface area contributed by atoms with Crippen LogP contribution in [0.1, 0.15) is 12.0 Å². The van der Waals surface area contributed by atoms with E-state index in [-0.39, 0.29) is 0 Å². The molecule has 0 atom stereocenters. The molecule has 76 valence electrons. The third-order valence-corrected chi connectivity index (χ3v) is 2.29. The van der Waals surface area contributed by atoms with Gasteiger partial charge in [0.25, 0.3) is 0 Å². The lowest BCUT2D eigenvalue weighted by atomic mass is 10.2. The summed E-state index contributed by atoms with van der Waals surface area (Å²) in [6, 6.07) is 10.0. The van der Waals surface area contributed by atoms with Gasteiger partial charge in [-0.2, -0.15) is 5.26 Å². The van der Waals surface area contributed by atoms with Crippen molar-refractivity contribution in [2.24, 2.45) is 0 Å². The summed E-state index contributed by atoms with van der Waals surface area (Å²) >= 11 is 0. The smallest absolute Gasteiger partial charge is 0.134 e. The molecule has 0 saturated carbocycles. The quantitative estimate of drug-likeness (QED) is 0.771. The van der Waals surface area contributed by atoms with Crippen molar-refractivity contribution in [2.45, 2.75) is 13.0 Å². The fourth-order valence-corrected chi connectivity index (χ4v) is 1.54. The molecule has 2 aromatic rings. The largest absolute Gasteiger partial charge is 0.464 e. The van der Waals surface area contributed by atoms with Gasteiger partial charge < -0.3 is 9.73 Å². The Morgan fingerprint density at radius 2 is 2.20 bits per heavy atom. The van der Waals surface area contributed by atoms with Crippen molar-refractivity contribution < 1.29 is 4.42 Å². The van der Waals surface area contributed by atoms with Gasteiger partial charge in [-0.3, -0.25) is 0 Å². The number of furan rings is 1. The van der Waals surface area contributed by atoms with Crippen molar-refractivity contribution in [3.05, 3.63) is 36.1 Å². The van der Waals surface area contributed by atoms with Gasteiger partial charge in [-0.25, -0.2) is 0 Å². The Hall–Kier alpha value is -1.79. The third kappa shape index (κ3) is 2.17. The molecule has 1 N–H and O–H groups in total. The van der Waals surface area contributed by atoms with Crippen LogP contribution in [-0.2, 0) is 6.54 Å². The Morgan fingerprint density at radius 3 is 3.07 bits per heavy atom. The van der Waals surface area contributed by atoms with Gasteiger partial charge in [-0.05, 0) is 6.07 Å². The Bertz CT molecular complexity index is 482. The van der Waals surface area contributed by atoms with E-state index < -0.39 is 0 Å². The van der Waals surface area contributed by atoms with Crippen molar-refractivity contribution >= 4 is 11.0 Å². The van der Waals surface area contributed by atoms with E-state index in [0.717, 1.165) is 29.6 Å². The molecule has 0 bridgehead atoms. The van der Waals surface area contributed by atoms with E-state index in [1.54, 1.807) is 6.26 Å². The molecule has 0 aliphatic carbocycles. The first kappa shape index (κ1) is 9.75. The normalized spacial score (nSPS) is 10.3. The van der Waals surface area contributed by atoms with Crippen LogP contribution in [0.25, 0.3) is 11.0 Å². The first-order chi connectivity index (χ1) is 7.42. The molecule has 1 aromatic carbocycles. The average Bonchev–Trinajstić information content (AvgIpc) is 2.68. The predicted molar refractivity (Wildman–Crippen MR) is 58.2 cm³/mol. The molecule has 1 heterocycles. The summed E-state index contributed by atoms with van der Waals surface area (Å²) in [5, 5.41) is 12.7. The highest BCUT2D eigenvalue weighted by molar-refractivity contribution is 5.80.